The van der Waals surface area contributed by atoms with Crippen LogP contribution in [0.25, 0.3) is 10.9 Å². The van der Waals surface area contributed by atoms with Crippen molar-refractivity contribution in [3.05, 3.63) is 36.0 Å². The monoisotopic (exact) mass is 534 g/mol. The number of primary amides is 1. The summed E-state index contributed by atoms with van der Waals surface area (Å²) in [6, 6.07) is 2.81. The van der Waals surface area contributed by atoms with Crippen LogP contribution in [0.5, 0.6) is 0 Å². The zero-order valence-corrected chi connectivity index (χ0v) is 21.6. The lowest BCUT2D eigenvalue weighted by molar-refractivity contribution is -0.143. The molecule has 9 N–H and O–H groups in total. The summed E-state index contributed by atoms with van der Waals surface area (Å²) in [5.74, 6) is -4.46. The van der Waals surface area contributed by atoms with E-state index in [1.54, 1.807) is 20.0 Å². The molecule has 0 radical (unpaired) electrons. The van der Waals surface area contributed by atoms with E-state index in [2.05, 4.69) is 33.6 Å². The van der Waals surface area contributed by atoms with E-state index < -0.39 is 59.7 Å². The number of amides is 4. The number of nitrogens with two attached hydrogens (primary N) is 2. The summed E-state index contributed by atoms with van der Waals surface area (Å²) in [7, 11) is 0. The Morgan fingerprint density at radius 2 is 1.62 bits per heavy atom. The standard InChI is InChI=1S/C24H34N6O6S/c1-12(2)20(24(35)36)30-22(33)17(7-8-19(26)31)28-23(34)18(29-21(32)15(25)11-37)9-13-10-27-16-6-4-3-5-14(13)16/h3-6,10,12,15,17-18,20,27,37H,7-9,11,25H2,1-2H3,(H2,26,31)(H,28,34)(H,29,32)(H,30,33)(H,35,36). The first-order valence-electron chi connectivity index (χ1n) is 11.8. The minimum atomic E-state index is -1.28. The third kappa shape index (κ3) is 8.50. The van der Waals surface area contributed by atoms with Crippen molar-refractivity contribution in [2.45, 2.75) is 57.3 Å². The summed E-state index contributed by atoms with van der Waals surface area (Å²) in [5, 5.41) is 17.8. The molecule has 0 saturated heterocycles. The third-order valence-electron chi connectivity index (χ3n) is 5.81. The summed E-state index contributed by atoms with van der Waals surface area (Å²) in [5.41, 5.74) is 12.6. The fourth-order valence-electron chi connectivity index (χ4n) is 3.69. The molecular weight excluding hydrogens is 500 g/mol. The van der Waals surface area contributed by atoms with Gasteiger partial charge in [-0.15, -0.1) is 0 Å². The van der Waals surface area contributed by atoms with E-state index in [9.17, 15) is 29.1 Å². The quantitative estimate of drug-likeness (QED) is 0.148. The van der Waals surface area contributed by atoms with Crippen LogP contribution in [0.15, 0.2) is 30.5 Å². The molecule has 2 rings (SSSR count). The number of carbonyl (C=O) groups excluding carboxylic acids is 4. The molecule has 0 spiro atoms. The number of carboxylic acids is 1. The van der Waals surface area contributed by atoms with E-state index in [0.717, 1.165) is 16.5 Å². The van der Waals surface area contributed by atoms with Gasteiger partial charge >= 0.3 is 5.97 Å². The Kier molecular flexibility index (Phi) is 10.9. The molecule has 2 aromatic rings. The van der Waals surface area contributed by atoms with Crippen LogP contribution in [0.1, 0.15) is 32.3 Å². The molecule has 0 aliphatic carbocycles. The number of rotatable bonds is 14. The molecule has 37 heavy (non-hydrogen) atoms. The number of H-pyrrole nitrogens is 1. The number of benzene rings is 1. The number of aromatic amines is 1. The number of carboxylic acid groups (broad SMARTS) is 1. The Balaban J connectivity index is 2.31. The fourth-order valence-corrected chi connectivity index (χ4v) is 3.85. The predicted molar refractivity (Wildman–Crippen MR) is 141 cm³/mol. The van der Waals surface area contributed by atoms with Gasteiger partial charge in [0.15, 0.2) is 0 Å². The second-order valence-electron chi connectivity index (χ2n) is 9.05. The number of carbonyl (C=O) groups is 5. The average Bonchev–Trinajstić information content (AvgIpc) is 3.25. The Bertz CT molecular complexity index is 1140. The maximum atomic E-state index is 13.4. The van der Waals surface area contributed by atoms with Crippen LogP contribution in [0.4, 0.5) is 0 Å². The number of aliphatic carboxylic acids is 1. The maximum absolute atomic E-state index is 13.4. The minimum absolute atomic E-state index is 0.0443. The zero-order valence-electron chi connectivity index (χ0n) is 20.7. The van der Waals surface area contributed by atoms with Crippen LogP contribution in [-0.4, -0.2) is 69.6 Å². The zero-order chi connectivity index (χ0) is 27.7. The summed E-state index contributed by atoms with van der Waals surface area (Å²) in [6.45, 7) is 3.24. The molecule has 0 fully saturated rings. The van der Waals surface area contributed by atoms with Crippen molar-refractivity contribution in [3.8, 4) is 0 Å². The van der Waals surface area contributed by atoms with Gasteiger partial charge in [-0.3, -0.25) is 19.2 Å². The van der Waals surface area contributed by atoms with E-state index in [1.807, 2.05) is 24.3 Å². The van der Waals surface area contributed by atoms with E-state index in [0.29, 0.717) is 0 Å². The van der Waals surface area contributed by atoms with Gasteiger partial charge in [0, 0.05) is 35.7 Å². The Labute approximate surface area is 219 Å². The van der Waals surface area contributed by atoms with E-state index in [-0.39, 0.29) is 25.0 Å². The first kappa shape index (κ1) is 29.6. The summed E-state index contributed by atoms with van der Waals surface area (Å²) < 4.78 is 0. The topological polar surface area (TPSA) is 209 Å². The molecule has 1 aromatic heterocycles. The molecule has 12 nitrogen and oxygen atoms in total. The summed E-state index contributed by atoms with van der Waals surface area (Å²) >= 11 is 4.02. The van der Waals surface area contributed by atoms with Gasteiger partial charge in [0.2, 0.25) is 23.6 Å². The molecule has 13 heteroatoms. The van der Waals surface area contributed by atoms with Crippen LogP contribution in [0.3, 0.4) is 0 Å². The molecule has 4 unspecified atom stereocenters. The van der Waals surface area contributed by atoms with Gasteiger partial charge in [-0.1, -0.05) is 32.0 Å². The van der Waals surface area contributed by atoms with E-state index >= 15 is 0 Å². The van der Waals surface area contributed by atoms with Gasteiger partial charge in [0.25, 0.3) is 0 Å². The van der Waals surface area contributed by atoms with Crippen LogP contribution in [-0.2, 0) is 30.4 Å². The van der Waals surface area contributed by atoms with Gasteiger partial charge in [-0.25, -0.2) is 4.79 Å². The van der Waals surface area contributed by atoms with Gasteiger partial charge < -0.3 is 37.5 Å². The lowest BCUT2D eigenvalue weighted by atomic mass is 10.0. The van der Waals surface area contributed by atoms with Crippen LogP contribution >= 0.6 is 12.6 Å². The molecule has 0 saturated carbocycles. The maximum Gasteiger partial charge on any atom is 0.326 e. The van der Waals surface area contributed by atoms with Crippen molar-refractivity contribution in [2.75, 3.05) is 5.75 Å². The van der Waals surface area contributed by atoms with Crippen LogP contribution < -0.4 is 27.4 Å². The molecular formula is C24H34N6O6S. The molecule has 0 aliphatic heterocycles. The molecule has 1 heterocycles. The number of nitrogens with one attached hydrogen (secondary N) is 4. The second-order valence-corrected chi connectivity index (χ2v) is 9.41. The van der Waals surface area contributed by atoms with Crippen molar-refractivity contribution in [3.63, 3.8) is 0 Å². The average molecular weight is 535 g/mol. The van der Waals surface area contributed by atoms with Crippen molar-refractivity contribution in [1.29, 1.82) is 0 Å². The Morgan fingerprint density at radius 1 is 1.00 bits per heavy atom. The number of para-hydroxylation sites is 1. The number of hydrogen-bond donors (Lipinski definition) is 8. The summed E-state index contributed by atoms with van der Waals surface area (Å²) in [6.07, 6.45) is 1.38. The predicted octanol–water partition coefficient (Wildman–Crippen LogP) is -0.572. The normalized spacial score (nSPS) is 14.4. The number of fused-ring (bicyclic) bond motifs is 1. The first-order valence-corrected chi connectivity index (χ1v) is 12.4. The molecule has 1 aromatic carbocycles. The Hall–Kier alpha value is -3.58. The SMILES string of the molecule is CC(C)C(NC(=O)C(CCC(N)=O)NC(=O)C(Cc1c[nH]c2ccccc12)NC(=O)C(N)CS)C(=O)O. The van der Waals surface area contributed by atoms with Crippen molar-refractivity contribution < 1.29 is 29.1 Å². The van der Waals surface area contributed by atoms with E-state index in [4.69, 9.17) is 11.5 Å². The molecule has 0 aliphatic rings. The van der Waals surface area contributed by atoms with Gasteiger partial charge in [-0.05, 0) is 24.0 Å². The molecule has 0 bridgehead atoms. The lowest BCUT2D eigenvalue weighted by Gasteiger charge is -2.26. The Morgan fingerprint density at radius 3 is 2.22 bits per heavy atom. The van der Waals surface area contributed by atoms with Gasteiger partial charge in [0.1, 0.15) is 18.1 Å². The number of aromatic nitrogens is 1. The highest BCUT2D eigenvalue weighted by molar-refractivity contribution is 7.80. The highest BCUT2D eigenvalue weighted by atomic mass is 32.1. The van der Waals surface area contributed by atoms with Crippen molar-refractivity contribution >= 4 is 53.1 Å². The number of thiol groups is 1. The highest BCUT2D eigenvalue weighted by Gasteiger charge is 2.31. The number of hydrogen-bond acceptors (Lipinski definition) is 7. The largest absolute Gasteiger partial charge is 0.480 e. The smallest absolute Gasteiger partial charge is 0.326 e. The molecule has 4 atom stereocenters. The first-order chi connectivity index (χ1) is 17.4. The lowest BCUT2D eigenvalue weighted by Crippen LogP contribution is -2.58. The second kappa shape index (κ2) is 13.7. The van der Waals surface area contributed by atoms with Gasteiger partial charge in [0.05, 0.1) is 6.04 Å². The van der Waals surface area contributed by atoms with Gasteiger partial charge in [-0.2, -0.15) is 12.6 Å². The summed E-state index contributed by atoms with van der Waals surface area (Å²) in [4.78, 5) is 64.9. The fraction of sp³-hybridized carbons (Fsp3) is 0.458. The van der Waals surface area contributed by atoms with Crippen LogP contribution in [0.2, 0.25) is 0 Å². The third-order valence-corrected chi connectivity index (χ3v) is 6.20. The van der Waals surface area contributed by atoms with Crippen LogP contribution in [0, 0.1) is 5.92 Å². The minimum Gasteiger partial charge on any atom is -0.480 e. The van der Waals surface area contributed by atoms with E-state index in [1.165, 1.54) is 0 Å². The molecule has 4 amide bonds. The van der Waals surface area contributed by atoms with Crippen molar-refractivity contribution in [1.82, 2.24) is 20.9 Å². The van der Waals surface area contributed by atoms with Crippen molar-refractivity contribution in [2.24, 2.45) is 17.4 Å². The molecule has 202 valence electrons. The highest BCUT2D eigenvalue weighted by Crippen LogP contribution is 2.19.